The van der Waals surface area contributed by atoms with Gasteiger partial charge in [0.05, 0.1) is 19.0 Å². The molecule has 5 rings (SSSR count). The molecule has 10 nitrogen and oxygen atoms in total. The van der Waals surface area contributed by atoms with Crippen LogP contribution in [-0.2, 0) is 16.0 Å². The Morgan fingerprint density at radius 1 is 1.15 bits per heavy atom. The number of aryl methyl sites for hydroxylation is 1. The Balaban J connectivity index is 1.30. The zero-order chi connectivity index (χ0) is 23.5. The number of aliphatic hydroxyl groups excluding tert-OH is 2. The van der Waals surface area contributed by atoms with Crippen molar-refractivity contribution in [2.45, 2.75) is 69.0 Å². The lowest BCUT2D eigenvalue weighted by Gasteiger charge is -2.21. The summed E-state index contributed by atoms with van der Waals surface area (Å²) in [4.78, 5) is 25.8. The summed E-state index contributed by atoms with van der Waals surface area (Å²) in [7, 11) is 0. The first-order valence-electron chi connectivity index (χ1n) is 11.9. The molecule has 0 spiro atoms. The van der Waals surface area contributed by atoms with Gasteiger partial charge in [0.15, 0.2) is 23.2 Å². The van der Waals surface area contributed by atoms with Crippen molar-refractivity contribution >= 4 is 22.9 Å². The molecule has 1 aliphatic carbocycles. The smallest absolute Gasteiger partial charge is 0.220 e. The summed E-state index contributed by atoms with van der Waals surface area (Å²) in [6, 6.07) is 9.34. The van der Waals surface area contributed by atoms with E-state index in [4.69, 9.17) is 4.74 Å². The summed E-state index contributed by atoms with van der Waals surface area (Å²) in [6.07, 6.45) is 5.78. The molecule has 180 valence electrons. The van der Waals surface area contributed by atoms with E-state index < -0.39 is 24.5 Å². The normalized spacial score (nSPS) is 25.1. The van der Waals surface area contributed by atoms with E-state index in [1.165, 1.54) is 19.2 Å². The fourth-order valence-electron chi connectivity index (χ4n) is 4.87. The first-order chi connectivity index (χ1) is 16.6. The topological polar surface area (TPSA) is 134 Å². The summed E-state index contributed by atoms with van der Waals surface area (Å²) in [6.45, 7) is -0.340. The molecular weight excluding hydrogens is 436 g/mol. The summed E-state index contributed by atoms with van der Waals surface area (Å²) in [5.41, 5.74) is 2.18. The first-order valence-corrected chi connectivity index (χ1v) is 11.9. The third kappa shape index (κ3) is 4.61. The van der Waals surface area contributed by atoms with Gasteiger partial charge < -0.3 is 25.6 Å². The fourth-order valence-corrected chi connectivity index (χ4v) is 4.87. The Bertz CT molecular complexity index is 1120. The monoisotopic (exact) mass is 466 g/mol. The molecular formula is C24H30N6O4. The van der Waals surface area contributed by atoms with Gasteiger partial charge in [-0.05, 0) is 24.8 Å². The number of anilines is 1. The van der Waals surface area contributed by atoms with Crippen LogP contribution in [0.5, 0.6) is 0 Å². The molecule has 10 heteroatoms. The van der Waals surface area contributed by atoms with Crippen LogP contribution in [0.2, 0.25) is 0 Å². The molecule has 1 amide bonds. The Hall–Kier alpha value is -3.08. The maximum absolute atomic E-state index is 12.6. The van der Waals surface area contributed by atoms with Gasteiger partial charge in [0.2, 0.25) is 5.91 Å². The molecule has 3 heterocycles. The Morgan fingerprint density at radius 2 is 1.94 bits per heavy atom. The number of carbonyl (C=O) groups is 1. The third-order valence-corrected chi connectivity index (χ3v) is 6.69. The van der Waals surface area contributed by atoms with Crippen LogP contribution in [0.3, 0.4) is 0 Å². The summed E-state index contributed by atoms with van der Waals surface area (Å²) < 4.78 is 7.59. The molecule has 2 fully saturated rings. The second-order valence-corrected chi connectivity index (χ2v) is 8.99. The highest BCUT2D eigenvalue weighted by Crippen LogP contribution is 2.33. The van der Waals surface area contributed by atoms with Crippen molar-refractivity contribution in [3.05, 3.63) is 48.5 Å². The number of benzene rings is 1. The largest absolute Gasteiger partial charge is 0.394 e. The van der Waals surface area contributed by atoms with Crippen LogP contribution in [0, 0.1) is 0 Å². The van der Waals surface area contributed by atoms with E-state index in [0.717, 1.165) is 18.4 Å². The van der Waals surface area contributed by atoms with Crippen LogP contribution in [0.1, 0.15) is 43.9 Å². The quantitative estimate of drug-likeness (QED) is 0.393. The molecule has 0 bridgehead atoms. The lowest BCUT2D eigenvalue weighted by Crippen LogP contribution is -2.48. The maximum atomic E-state index is 12.6. The SMILES string of the molecule is O=C(CCc1ccccc1)N[C@@H]1[C@@H](O)[C@H](n2cnc3c(NC4CCCC4)ncnc32)O[C@@H]1CO. The average molecular weight is 467 g/mol. The van der Waals surface area contributed by atoms with Crippen LogP contribution in [0.15, 0.2) is 43.0 Å². The molecule has 0 unspecified atom stereocenters. The van der Waals surface area contributed by atoms with Crippen LogP contribution in [0.25, 0.3) is 11.2 Å². The van der Waals surface area contributed by atoms with E-state index >= 15 is 0 Å². The molecule has 3 aromatic rings. The number of carbonyl (C=O) groups excluding carboxylic acids is 1. The van der Waals surface area contributed by atoms with Crippen molar-refractivity contribution in [1.29, 1.82) is 0 Å². The Labute approximate surface area is 197 Å². The second kappa shape index (κ2) is 10.0. The van der Waals surface area contributed by atoms with Gasteiger partial charge in [-0.25, -0.2) is 15.0 Å². The van der Waals surface area contributed by atoms with Gasteiger partial charge in [-0.1, -0.05) is 43.2 Å². The van der Waals surface area contributed by atoms with E-state index in [0.29, 0.717) is 29.4 Å². The van der Waals surface area contributed by atoms with E-state index in [1.54, 1.807) is 10.9 Å². The summed E-state index contributed by atoms with van der Waals surface area (Å²) >= 11 is 0. The van der Waals surface area contributed by atoms with Crippen molar-refractivity contribution in [1.82, 2.24) is 24.8 Å². The number of fused-ring (bicyclic) bond motifs is 1. The van der Waals surface area contributed by atoms with Gasteiger partial charge in [0, 0.05) is 12.5 Å². The van der Waals surface area contributed by atoms with Crippen molar-refractivity contribution in [3.8, 4) is 0 Å². The fraction of sp³-hybridized carbons (Fsp3) is 0.500. The highest BCUT2D eigenvalue weighted by Gasteiger charge is 2.45. The van der Waals surface area contributed by atoms with Crippen LogP contribution in [-0.4, -0.2) is 66.5 Å². The summed E-state index contributed by atoms with van der Waals surface area (Å²) in [5, 5.41) is 27.2. The zero-order valence-electron chi connectivity index (χ0n) is 18.9. The van der Waals surface area contributed by atoms with E-state index in [9.17, 15) is 15.0 Å². The number of hydrogen-bond acceptors (Lipinski definition) is 8. The lowest BCUT2D eigenvalue weighted by molar-refractivity contribution is -0.122. The molecule has 2 aromatic heterocycles. The van der Waals surface area contributed by atoms with Gasteiger partial charge in [0.1, 0.15) is 18.5 Å². The predicted octanol–water partition coefficient (Wildman–Crippen LogP) is 1.55. The Morgan fingerprint density at radius 3 is 2.71 bits per heavy atom. The number of imidazole rings is 1. The highest BCUT2D eigenvalue weighted by molar-refractivity contribution is 5.83. The number of rotatable bonds is 8. The molecule has 1 saturated heterocycles. The molecule has 4 N–H and O–H groups in total. The number of amides is 1. The second-order valence-electron chi connectivity index (χ2n) is 8.99. The molecule has 34 heavy (non-hydrogen) atoms. The number of aromatic nitrogens is 4. The van der Waals surface area contributed by atoms with Gasteiger partial charge >= 0.3 is 0 Å². The molecule has 1 saturated carbocycles. The van der Waals surface area contributed by atoms with Crippen LogP contribution >= 0.6 is 0 Å². The van der Waals surface area contributed by atoms with Crippen LogP contribution in [0.4, 0.5) is 5.82 Å². The minimum absolute atomic E-state index is 0.212. The van der Waals surface area contributed by atoms with Crippen molar-refractivity contribution in [3.63, 3.8) is 0 Å². The highest BCUT2D eigenvalue weighted by atomic mass is 16.5. The third-order valence-electron chi connectivity index (χ3n) is 6.69. The number of hydrogen-bond donors (Lipinski definition) is 4. The van der Waals surface area contributed by atoms with E-state index in [1.807, 2.05) is 30.3 Å². The van der Waals surface area contributed by atoms with Crippen molar-refractivity contribution < 1.29 is 19.7 Å². The number of ether oxygens (including phenoxy) is 1. The van der Waals surface area contributed by atoms with Crippen LogP contribution < -0.4 is 10.6 Å². The molecule has 1 aromatic carbocycles. The van der Waals surface area contributed by atoms with Gasteiger partial charge in [-0.15, -0.1) is 0 Å². The number of aliphatic hydroxyl groups is 2. The maximum Gasteiger partial charge on any atom is 0.220 e. The Kier molecular flexibility index (Phi) is 6.70. The predicted molar refractivity (Wildman–Crippen MR) is 125 cm³/mol. The van der Waals surface area contributed by atoms with Crippen molar-refractivity contribution in [2.75, 3.05) is 11.9 Å². The molecule has 2 aliphatic rings. The van der Waals surface area contributed by atoms with Gasteiger partial charge in [-0.3, -0.25) is 9.36 Å². The summed E-state index contributed by atoms with van der Waals surface area (Å²) in [5.74, 6) is 0.448. The van der Waals surface area contributed by atoms with E-state index in [-0.39, 0.29) is 18.9 Å². The molecule has 1 aliphatic heterocycles. The minimum Gasteiger partial charge on any atom is -0.394 e. The molecule has 4 atom stereocenters. The minimum atomic E-state index is -1.09. The van der Waals surface area contributed by atoms with E-state index in [2.05, 4.69) is 25.6 Å². The van der Waals surface area contributed by atoms with Gasteiger partial charge in [0.25, 0.3) is 0 Å². The number of nitrogens with one attached hydrogen (secondary N) is 2. The standard InChI is InChI=1S/C24H30N6O4/c31-12-17-19(29-18(32)11-10-15-6-2-1-3-7-15)21(33)24(34-17)30-14-27-20-22(25-13-26-23(20)30)28-16-8-4-5-9-16/h1-3,6-7,13-14,16-17,19,21,24,31,33H,4-5,8-12H2,(H,29,32)(H,25,26,28)/t17-,19+,21-,24-/m1/s1. The zero-order valence-corrected chi connectivity index (χ0v) is 18.9. The number of nitrogens with zero attached hydrogens (tertiary/aromatic N) is 4. The molecule has 0 radical (unpaired) electrons. The first kappa shape index (κ1) is 22.7. The lowest BCUT2D eigenvalue weighted by atomic mass is 10.1. The van der Waals surface area contributed by atoms with Gasteiger partial charge in [-0.2, -0.15) is 0 Å². The average Bonchev–Trinajstić information content (AvgIpc) is 3.59. The van der Waals surface area contributed by atoms with Crippen molar-refractivity contribution in [2.24, 2.45) is 0 Å².